The van der Waals surface area contributed by atoms with E-state index < -0.39 is 0 Å². The average Bonchev–Trinajstić information content (AvgIpc) is 2.14. The number of rotatable bonds is 3. The summed E-state index contributed by atoms with van der Waals surface area (Å²) in [5, 5.41) is 0. The molecule has 0 amide bonds. The van der Waals surface area contributed by atoms with Gasteiger partial charge in [-0.2, -0.15) is 0 Å². The Labute approximate surface area is 86.1 Å². The zero-order valence-corrected chi connectivity index (χ0v) is 9.16. The molecule has 1 aromatic carbocycles. The fourth-order valence-electron chi connectivity index (χ4n) is 1.35. The Morgan fingerprint density at radius 3 is 2.21 bits per heavy atom. The minimum Gasteiger partial charge on any atom is -0.367 e. The number of benzene rings is 1. The SMILES string of the molecule is CC(C)(C)O[C@@H](CN)c1ccccc1. The Balaban J connectivity index is 2.73. The van der Waals surface area contributed by atoms with Crippen LogP contribution in [0.2, 0.25) is 0 Å². The minimum absolute atomic E-state index is 0.00352. The summed E-state index contributed by atoms with van der Waals surface area (Å²) in [5.41, 5.74) is 6.68. The molecule has 1 aromatic rings. The first kappa shape index (κ1) is 11.2. The van der Waals surface area contributed by atoms with Gasteiger partial charge in [-0.1, -0.05) is 30.3 Å². The zero-order valence-electron chi connectivity index (χ0n) is 9.16. The first-order chi connectivity index (χ1) is 6.53. The summed E-state index contributed by atoms with van der Waals surface area (Å²) in [6.07, 6.45) is -0.00352. The van der Waals surface area contributed by atoms with E-state index in [1.165, 1.54) is 0 Å². The van der Waals surface area contributed by atoms with E-state index in [4.69, 9.17) is 10.5 Å². The van der Waals surface area contributed by atoms with E-state index in [9.17, 15) is 0 Å². The van der Waals surface area contributed by atoms with Crippen LogP contribution in [-0.2, 0) is 4.74 Å². The first-order valence-electron chi connectivity index (χ1n) is 4.96. The summed E-state index contributed by atoms with van der Waals surface area (Å²) in [5.74, 6) is 0. The molecule has 14 heavy (non-hydrogen) atoms. The molecule has 0 saturated carbocycles. The van der Waals surface area contributed by atoms with E-state index in [2.05, 4.69) is 0 Å². The van der Waals surface area contributed by atoms with Crippen molar-refractivity contribution in [3.8, 4) is 0 Å². The smallest absolute Gasteiger partial charge is 0.0954 e. The van der Waals surface area contributed by atoms with E-state index in [-0.39, 0.29) is 11.7 Å². The van der Waals surface area contributed by atoms with Gasteiger partial charge in [0.2, 0.25) is 0 Å². The predicted molar refractivity (Wildman–Crippen MR) is 59.1 cm³/mol. The second-order valence-corrected chi connectivity index (χ2v) is 4.37. The summed E-state index contributed by atoms with van der Waals surface area (Å²) in [6, 6.07) is 10.1. The van der Waals surface area contributed by atoms with Crippen molar-refractivity contribution in [2.75, 3.05) is 6.54 Å². The van der Waals surface area contributed by atoms with Gasteiger partial charge in [0.15, 0.2) is 0 Å². The minimum atomic E-state index is -0.153. The second-order valence-electron chi connectivity index (χ2n) is 4.37. The van der Waals surface area contributed by atoms with Gasteiger partial charge in [-0.05, 0) is 26.3 Å². The highest BCUT2D eigenvalue weighted by molar-refractivity contribution is 5.17. The van der Waals surface area contributed by atoms with Crippen LogP contribution < -0.4 is 5.73 Å². The third-order valence-electron chi connectivity index (χ3n) is 1.88. The molecular weight excluding hydrogens is 174 g/mol. The number of ether oxygens (including phenoxy) is 1. The monoisotopic (exact) mass is 193 g/mol. The van der Waals surface area contributed by atoms with Crippen LogP contribution in [0.4, 0.5) is 0 Å². The van der Waals surface area contributed by atoms with Crippen LogP contribution in [0.1, 0.15) is 32.4 Å². The molecule has 0 unspecified atom stereocenters. The van der Waals surface area contributed by atoms with Crippen molar-refractivity contribution in [3.63, 3.8) is 0 Å². The zero-order chi connectivity index (χ0) is 10.6. The van der Waals surface area contributed by atoms with Gasteiger partial charge in [0.05, 0.1) is 11.7 Å². The molecule has 2 heteroatoms. The molecule has 1 rings (SSSR count). The van der Waals surface area contributed by atoms with E-state index >= 15 is 0 Å². The molecule has 2 nitrogen and oxygen atoms in total. The highest BCUT2D eigenvalue weighted by atomic mass is 16.5. The lowest BCUT2D eigenvalue weighted by Gasteiger charge is -2.27. The van der Waals surface area contributed by atoms with Gasteiger partial charge in [-0.15, -0.1) is 0 Å². The van der Waals surface area contributed by atoms with Crippen molar-refractivity contribution in [2.45, 2.75) is 32.5 Å². The summed E-state index contributed by atoms with van der Waals surface area (Å²) < 4.78 is 5.85. The predicted octanol–water partition coefficient (Wildman–Crippen LogP) is 2.50. The summed E-state index contributed by atoms with van der Waals surface area (Å²) in [6.45, 7) is 6.64. The molecular formula is C12H19NO. The molecule has 2 N–H and O–H groups in total. The topological polar surface area (TPSA) is 35.2 Å². The van der Waals surface area contributed by atoms with Crippen molar-refractivity contribution in [2.24, 2.45) is 5.73 Å². The van der Waals surface area contributed by atoms with Crippen molar-refractivity contribution in [1.29, 1.82) is 0 Å². The highest BCUT2D eigenvalue weighted by Crippen LogP contribution is 2.22. The van der Waals surface area contributed by atoms with Crippen molar-refractivity contribution in [1.82, 2.24) is 0 Å². The van der Waals surface area contributed by atoms with E-state index in [1.54, 1.807) is 0 Å². The van der Waals surface area contributed by atoms with Crippen LogP contribution >= 0.6 is 0 Å². The summed E-state index contributed by atoms with van der Waals surface area (Å²) in [7, 11) is 0. The molecule has 0 aliphatic carbocycles. The maximum Gasteiger partial charge on any atom is 0.0954 e. The molecule has 0 aliphatic heterocycles. The molecule has 0 aliphatic rings. The van der Waals surface area contributed by atoms with Gasteiger partial charge in [-0.3, -0.25) is 0 Å². The standard InChI is InChI=1S/C12H19NO/c1-12(2,3)14-11(9-13)10-7-5-4-6-8-10/h4-8,11H,9,13H2,1-3H3/t11-/m0/s1. The van der Waals surface area contributed by atoms with Crippen LogP contribution in [0, 0.1) is 0 Å². The summed E-state index contributed by atoms with van der Waals surface area (Å²) in [4.78, 5) is 0. The van der Waals surface area contributed by atoms with Crippen molar-refractivity contribution in [3.05, 3.63) is 35.9 Å². The second kappa shape index (κ2) is 4.58. The molecule has 0 saturated heterocycles. The molecule has 0 aromatic heterocycles. The van der Waals surface area contributed by atoms with Crippen molar-refractivity contribution < 1.29 is 4.74 Å². The molecule has 0 bridgehead atoms. The maximum absolute atomic E-state index is 5.85. The van der Waals surface area contributed by atoms with Crippen LogP contribution in [-0.4, -0.2) is 12.1 Å². The van der Waals surface area contributed by atoms with Gasteiger partial charge >= 0.3 is 0 Å². The van der Waals surface area contributed by atoms with Gasteiger partial charge < -0.3 is 10.5 Å². The van der Waals surface area contributed by atoms with Crippen LogP contribution in [0.5, 0.6) is 0 Å². The molecule has 0 radical (unpaired) electrons. The third-order valence-corrected chi connectivity index (χ3v) is 1.88. The number of hydrogen-bond acceptors (Lipinski definition) is 2. The van der Waals surface area contributed by atoms with Gasteiger partial charge in [0.25, 0.3) is 0 Å². The molecule has 0 heterocycles. The fourth-order valence-corrected chi connectivity index (χ4v) is 1.35. The van der Waals surface area contributed by atoms with Gasteiger partial charge in [0, 0.05) is 6.54 Å². The van der Waals surface area contributed by atoms with Crippen LogP contribution in [0.15, 0.2) is 30.3 Å². The third kappa shape index (κ3) is 3.48. The Hall–Kier alpha value is -0.860. The highest BCUT2D eigenvalue weighted by Gasteiger charge is 2.18. The van der Waals surface area contributed by atoms with Gasteiger partial charge in [0.1, 0.15) is 0 Å². The lowest BCUT2D eigenvalue weighted by atomic mass is 10.1. The van der Waals surface area contributed by atoms with E-state index in [0.29, 0.717) is 6.54 Å². The number of nitrogens with two attached hydrogens (primary N) is 1. The normalized spacial score (nSPS) is 14.0. The van der Waals surface area contributed by atoms with Gasteiger partial charge in [-0.25, -0.2) is 0 Å². The van der Waals surface area contributed by atoms with Crippen LogP contribution in [0.3, 0.4) is 0 Å². The first-order valence-corrected chi connectivity index (χ1v) is 4.96. The lowest BCUT2D eigenvalue weighted by molar-refractivity contribution is -0.0572. The Kier molecular flexibility index (Phi) is 3.67. The molecule has 0 fully saturated rings. The Bertz CT molecular complexity index is 263. The lowest BCUT2D eigenvalue weighted by Crippen LogP contribution is -2.27. The largest absolute Gasteiger partial charge is 0.367 e. The molecule has 0 spiro atoms. The van der Waals surface area contributed by atoms with E-state index in [1.807, 2.05) is 51.1 Å². The molecule has 78 valence electrons. The maximum atomic E-state index is 5.85. The Morgan fingerprint density at radius 1 is 1.21 bits per heavy atom. The van der Waals surface area contributed by atoms with Crippen molar-refractivity contribution >= 4 is 0 Å². The van der Waals surface area contributed by atoms with Crippen LogP contribution in [0.25, 0.3) is 0 Å². The number of hydrogen-bond donors (Lipinski definition) is 1. The van der Waals surface area contributed by atoms with E-state index in [0.717, 1.165) is 5.56 Å². The Morgan fingerprint density at radius 2 is 1.79 bits per heavy atom. The summed E-state index contributed by atoms with van der Waals surface area (Å²) >= 11 is 0. The molecule has 1 atom stereocenters. The average molecular weight is 193 g/mol. The fraction of sp³-hybridized carbons (Fsp3) is 0.500. The quantitative estimate of drug-likeness (QED) is 0.800.